The van der Waals surface area contributed by atoms with Gasteiger partial charge in [0.15, 0.2) is 0 Å². The van der Waals surface area contributed by atoms with Gasteiger partial charge >= 0.3 is 6.03 Å². The molecule has 1 heterocycles. The van der Waals surface area contributed by atoms with Crippen molar-refractivity contribution < 1.29 is 9.53 Å². The zero-order valence-electron chi connectivity index (χ0n) is 13.8. The molecule has 1 aliphatic heterocycles. The van der Waals surface area contributed by atoms with Gasteiger partial charge in [0, 0.05) is 26.2 Å². The number of piperazine rings is 1. The molecule has 25 heavy (non-hydrogen) atoms. The summed E-state index contributed by atoms with van der Waals surface area (Å²) in [7, 11) is 1.58. The molecule has 132 valence electrons. The fraction of sp³-hybridized carbons (Fsp3) is 0.278. The minimum absolute atomic E-state index is 0.144. The van der Waals surface area contributed by atoms with Gasteiger partial charge in [0.1, 0.15) is 5.75 Å². The number of nitrogens with one attached hydrogen (secondary N) is 1. The van der Waals surface area contributed by atoms with E-state index in [1.54, 1.807) is 12.0 Å². The van der Waals surface area contributed by atoms with Crippen molar-refractivity contribution in [3.05, 3.63) is 52.5 Å². The van der Waals surface area contributed by atoms with Crippen LogP contribution in [0.3, 0.4) is 0 Å². The Hall–Kier alpha value is -2.11. The van der Waals surface area contributed by atoms with Crippen molar-refractivity contribution in [2.45, 2.75) is 0 Å². The van der Waals surface area contributed by atoms with Crippen LogP contribution in [0.15, 0.2) is 42.5 Å². The number of carbonyl (C=O) groups is 1. The monoisotopic (exact) mass is 379 g/mol. The Morgan fingerprint density at radius 1 is 1.00 bits per heavy atom. The lowest BCUT2D eigenvalue weighted by Crippen LogP contribution is -2.50. The minimum Gasteiger partial charge on any atom is -0.495 e. The summed E-state index contributed by atoms with van der Waals surface area (Å²) in [6.07, 6.45) is 0. The molecule has 5 nitrogen and oxygen atoms in total. The fourth-order valence-corrected chi connectivity index (χ4v) is 3.50. The van der Waals surface area contributed by atoms with Gasteiger partial charge in [-0.05, 0) is 24.3 Å². The van der Waals surface area contributed by atoms with E-state index < -0.39 is 0 Å². The number of anilines is 2. The average molecular weight is 380 g/mol. The number of halogens is 2. The van der Waals surface area contributed by atoms with E-state index in [1.165, 1.54) is 0 Å². The summed E-state index contributed by atoms with van der Waals surface area (Å²) in [6, 6.07) is 12.7. The summed E-state index contributed by atoms with van der Waals surface area (Å²) < 4.78 is 5.26. The lowest BCUT2D eigenvalue weighted by Gasteiger charge is -2.36. The first-order chi connectivity index (χ1) is 12.1. The van der Waals surface area contributed by atoms with Crippen LogP contribution in [0.25, 0.3) is 0 Å². The number of methoxy groups -OCH3 is 1. The van der Waals surface area contributed by atoms with Crippen LogP contribution in [0.5, 0.6) is 5.75 Å². The lowest BCUT2D eigenvalue weighted by molar-refractivity contribution is 0.208. The van der Waals surface area contributed by atoms with Crippen LogP contribution in [0.4, 0.5) is 16.2 Å². The van der Waals surface area contributed by atoms with Gasteiger partial charge in [-0.15, -0.1) is 0 Å². The zero-order valence-corrected chi connectivity index (χ0v) is 15.3. The van der Waals surface area contributed by atoms with Gasteiger partial charge in [-0.25, -0.2) is 4.79 Å². The van der Waals surface area contributed by atoms with Crippen molar-refractivity contribution in [3.8, 4) is 5.75 Å². The molecule has 3 rings (SSSR count). The highest BCUT2D eigenvalue weighted by molar-refractivity contribution is 6.39. The highest BCUT2D eigenvalue weighted by Gasteiger charge is 2.24. The van der Waals surface area contributed by atoms with Crippen molar-refractivity contribution in [3.63, 3.8) is 0 Å². The molecule has 0 spiro atoms. The SMILES string of the molecule is COc1ccccc1NC(=O)N1CCN(c2c(Cl)cccc2Cl)CC1. The van der Waals surface area contributed by atoms with Crippen molar-refractivity contribution >= 4 is 40.6 Å². The van der Waals surface area contributed by atoms with Crippen molar-refractivity contribution in [2.75, 3.05) is 43.5 Å². The van der Waals surface area contributed by atoms with Gasteiger partial charge in [0.05, 0.1) is 28.5 Å². The van der Waals surface area contributed by atoms with Gasteiger partial charge in [-0.2, -0.15) is 0 Å². The van der Waals surface area contributed by atoms with Crippen LogP contribution in [-0.2, 0) is 0 Å². The van der Waals surface area contributed by atoms with Gasteiger partial charge in [0.25, 0.3) is 0 Å². The van der Waals surface area contributed by atoms with Crippen LogP contribution < -0.4 is 15.0 Å². The molecule has 1 aliphatic rings. The maximum Gasteiger partial charge on any atom is 0.322 e. The summed E-state index contributed by atoms with van der Waals surface area (Å²) in [5.41, 5.74) is 1.49. The van der Waals surface area contributed by atoms with E-state index in [1.807, 2.05) is 42.5 Å². The Balaban J connectivity index is 1.63. The zero-order chi connectivity index (χ0) is 17.8. The molecule has 0 unspecified atom stereocenters. The number of carbonyl (C=O) groups excluding carboxylic acids is 1. The predicted molar refractivity (Wildman–Crippen MR) is 102 cm³/mol. The summed E-state index contributed by atoms with van der Waals surface area (Å²) >= 11 is 12.5. The van der Waals surface area contributed by atoms with E-state index in [9.17, 15) is 4.79 Å². The van der Waals surface area contributed by atoms with E-state index in [0.29, 0.717) is 47.7 Å². The average Bonchev–Trinajstić information content (AvgIpc) is 2.62. The fourth-order valence-electron chi connectivity index (χ4n) is 2.87. The van der Waals surface area contributed by atoms with Crippen LogP contribution >= 0.6 is 23.2 Å². The third-order valence-electron chi connectivity index (χ3n) is 4.17. The molecule has 0 aliphatic carbocycles. The van der Waals surface area contributed by atoms with Crippen molar-refractivity contribution in [2.24, 2.45) is 0 Å². The predicted octanol–water partition coefficient (Wildman–Crippen LogP) is 4.36. The maximum absolute atomic E-state index is 12.5. The van der Waals surface area contributed by atoms with E-state index in [0.717, 1.165) is 5.69 Å². The standard InChI is InChI=1S/C18H19Cl2N3O2/c1-25-16-8-3-2-7-15(16)21-18(24)23-11-9-22(10-12-23)17-13(19)5-4-6-14(17)20/h2-8H,9-12H2,1H3,(H,21,24). The quantitative estimate of drug-likeness (QED) is 0.861. The summed E-state index contributed by atoms with van der Waals surface area (Å²) in [4.78, 5) is 16.4. The van der Waals surface area contributed by atoms with Gasteiger partial charge in [-0.3, -0.25) is 0 Å². The molecular formula is C18H19Cl2N3O2. The number of ether oxygens (including phenoxy) is 1. The molecule has 0 saturated carbocycles. The number of rotatable bonds is 3. The normalized spacial score (nSPS) is 14.4. The highest BCUT2D eigenvalue weighted by atomic mass is 35.5. The Morgan fingerprint density at radius 3 is 2.28 bits per heavy atom. The molecule has 1 fully saturated rings. The largest absolute Gasteiger partial charge is 0.495 e. The lowest BCUT2D eigenvalue weighted by atomic mass is 10.2. The smallest absolute Gasteiger partial charge is 0.322 e. The molecule has 1 N–H and O–H groups in total. The molecule has 0 atom stereocenters. The van der Waals surface area contributed by atoms with E-state index in [-0.39, 0.29) is 6.03 Å². The first-order valence-electron chi connectivity index (χ1n) is 7.98. The molecule has 0 aromatic heterocycles. The molecule has 2 aromatic carbocycles. The third-order valence-corrected chi connectivity index (χ3v) is 4.78. The minimum atomic E-state index is -0.144. The Labute approximate surface area is 157 Å². The Kier molecular flexibility index (Phi) is 5.56. The number of benzene rings is 2. The number of amides is 2. The van der Waals surface area contributed by atoms with Gasteiger partial charge < -0.3 is 19.9 Å². The van der Waals surface area contributed by atoms with Crippen LogP contribution in [0, 0.1) is 0 Å². The number of hydrogen-bond donors (Lipinski definition) is 1. The van der Waals surface area contributed by atoms with E-state index in [2.05, 4.69) is 10.2 Å². The molecule has 2 aromatic rings. The third kappa shape index (κ3) is 3.94. The first-order valence-corrected chi connectivity index (χ1v) is 8.73. The summed E-state index contributed by atoms with van der Waals surface area (Å²) in [6.45, 7) is 2.51. The van der Waals surface area contributed by atoms with E-state index >= 15 is 0 Å². The second-order valence-corrected chi connectivity index (χ2v) is 6.49. The van der Waals surface area contributed by atoms with Crippen LogP contribution in [0.1, 0.15) is 0 Å². The van der Waals surface area contributed by atoms with Crippen LogP contribution in [-0.4, -0.2) is 44.2 Å². The highest BCUT2D eigenvalue weighted by Crippen LogP contribution is 2.34. The molecule has 7 heteroatoms. The second-order valence-electron chi connectivity index (χ2n) is 5.67. The first kappa shape index (κ1) is 17.7. The Morgan fingerprint density at radius 2 is 1.64 bits per heavy atom. The van der Waals surface area contributed by atoms with E-state index in [4.69, 9.17) is 27.9 Å². The van der Waals surface area contributed by atoms with Crippen molar-refractivity contribution in [1.82, 2.24) is 4.90 Å². The van der Waals surface area contributed by atoms with Crippen LogP contribution in [0.2, 0.25) is 10.0 Å². The number of urea groups is 1. The van der Waals surface area contributed by atoms with Crippen molar-refractivity contribution in [1.29, 1.82) is 0 Å². The molecule has 0 radical (unpaired) electrons. The topological polar surface area (TPSA) is 44.8 Å². The number of nitrogens with zero attached hydrogens (tertiary/aromatic N) is 2. The summed E-state index contributed by atoms with van der Waals surface area (Å²) in [5.74, 6) is 0.636. The number of para-hydroxylation sites is 3. The van der Waals surface area contributed by atoms with Gasteiger partial charge in [-0.1, -0.05) is 41.4 Å². The molecular weight excluding hydrogens is 361 g/mol. The molecule has 2 amide bonds. The van der Waals surface area contributed by atoms with Gasteiger partial charge in [0.2, 0.25) is 0 Å². The molecule has 0 bridgehead atoms. The summed E-state index contributed by atoms with van der Waals surface area (Å²) in [5, 5.41) is 4.15. The maximum atomic E-state index is 12.5. The molecule has 1 saturated heterocycles. The number of hydrogen-bond acceptors (Lipinski definition) is 3. The second kappa shape index (κ2) is 7.85. The Bertz CT molecular complexity index is 741.